The third-order valence-corrected chi connectivity index (χ3v) is 4.08. The molecule has 0 bridgehead atoms. The molecule has 1 saturated carbocycles. The molecule has 0 aromatic heterocycles. The summed E-state index contributed by atoms with van der Waals surface area (Å²) >= 11 is 3.54. The first kappa shape index (κ1) is 12.9. The number of hydrogen-bond acceptors (Lipinski definition) is 2. The van der Waals surface area contributed by atoms with E-state index in [2.05, 4.69) is 21.2 Å². The van der Waals surface area contributed by atoms with E-state index < -0.39 is 0 Å². The lowest BCUT2D eigenvalue weighted by atomic mass is 9.86. The smallest absolute Gasteiger partial charge is 0.133 e. The van der Waals surface area contributed by atoms with Crippen molar-refractivity contribution in [2.45, 2.75) is 31.8 Å². The Bertz CT molecular complexity index is 354. The maximum Gasteiger partial charge on any atom is 0.133 e. The fraction of sp³-hybridized carbons (Fsp3) is 0.571. The quantitative estimate of drug-likeness (QED) is 0.917. The SMILES string of the molecule is CNCC1CCCCC1Oc1ccccc1Br. The van der Waals surface area contributed by atoms with Crippen LogP contribution >= 0.6 is 15.9 Å². The molecule has 3 heteroatoms. The molecule has 1 aromatic rings. The molecule has 0 heterocycles. The normalized spacial score (nSPS) is 24.6. The van der Waals surface area contributed by atoms with E-state index in [1.807, 2.05) is 31.3 Å². The average Bonchev–Trinajstić information content (AvgIpc) is 2.35. The molecule has 1 aliphatic carbocycles. The van der Waals surface area contributed by atoms with Gasteiger partial charge in [-0.25, -0.2) is 0 Å². The second-order valence-electron chi connectivity index (χ2n) is 4.69. The topological polar surface area (TPSA) is 21.3 Å². The molecule has 2 atom stereocenters. The lowest BCUT2D eigenvalue weighted by molar-refractivity contribution is 0.0924. The molecule has 17 heavy (non-hydrogen) atoms. The Balaban J connectivity index is 2.03. The van der Waals surface area contributed by atoms with Crippen LogP contribution in [0.2, 0.25) is 0 Å². The summed E-state index contributed by atoms with van der Waals surface area (Å²) in [5, 5.41) is 3.28. The van der Waals surface area contributed by atoms with Crippen LogP contribution in [0.3, 0.4) is 0 Å². The first-order chi connectivity index (χ1) is 8.31. The fourth-order valence-corrected chi connectivity index (χ4v) is 2.91. The van der Waals surface area contributed by atoms with Gasteiger partial charge in [-0.1, -0.05) is 18.6 Å². The minimum Gasteiger partial charge on any atom is -0.489 e. The molecule has 94 valence electrons. The molecule has 0 radical (unpaired) electrons. The molecule has 0 spiro atoms. The number of ether oxygens (including phenoxy) is 1. The van der Waals surface area contributed by atoms with Crippen LogP contribution in [0, 0.1) is 5.92 Å². The lowest BCUT2D eigenvalue weighted by Crippen LogP contribution is -2.36. The van der Waals surface area contributed by atoms with E-state index in [0.29, 0.717) is 12.0 Å². The Hall–Kier alpha value is -0.540. The zero-order chi connectivity index (χ0) is 12.1. The van der Waals surface area contributed by atoms with Crippen molar-refractivity contribution in [1.29, 1.82) is 0 Å². The maximum atomic E-state index is 6.16. The average molecular weight is 298 g/mol. The Labute approximate surface area is 112 Å². The molecule has 2 unspecified atom stereocenters. The first-order valence-corrected chi connectivity index (χ1v) is 7.16. The zero-order valence-corrected chi connectivity index (χ0v) is 11.9. The van der Waals surface area contributed by atoms with Crippen molar-refractivity contribution < 1.29 is 4.74 Å². The van der Waals surface area contributed by atoms with Gasteiger partial charge in [-0.05, 0) is 54.4 Å². The molecule has 1 aliphatic rings. The molecule has 0 aliphatic heterocycles. The number of benzene rings is 1. The van der Waals surface area contributed by atoms with Gasteiger partial charge in [0.1, 0.15) is 11.9 Å². The van der Waals surface area contributed by atoms with Crippen LogP contribution in [0.4, 0.5) is 0 Å². The minimum absolute atomic E-state index is 0.356. The highest BCUT2D eigenvalue weighted by Crippen LogP contribution is 2.31. The van der Waals surface area contributed by atoms with Gasteiger partial charge >= 0.3 is 0 Å². The van der Waals surface area contributed by atoms with Crippen LogP contribution in [0.5, 0.6) is 5.75 Å². The number of rotatable bonds is 4. The summed E-state index contributed by atoms with van der Waals surface area (Å²) < 4.78 is 7.21. The standard InChI is InChI=1S/C14H20BrNO/c1-16-10-11-6-2-4-8-13(11)17-14-9-5-3-7-12(14)15/h3,5,7,9,11,13,16H,2,4,6,8,10H2,1H3. The van der Waals surface area contributed by atoms with E-state index in [1.165, 1.54) is 25.7 Å². The fourth-order valence-electron chi connectivity index (χ4n) is 2.53. The molecule has 1 fully saturated rings. The van der Waals surface area contributed by atoms with Crippen molar-refractivity contribution in [3.05, 3.63) is 28.7 Å². The van der Waals surface area contributed by atoms with Crippen molar-refractivity contribution in [2.75, 3.05) is 13.6 Å². The van der Waals surface area contributed by atoms with Gasteiger partial charge in [-0.3, -0.25) is 0 Å². The van der Waals surface area contributed by atoms with Crippen LogP contribution in [0.15, 0.2) is 28.7 Å². The van der Waals surface area contributed by atoms with E-state index in [4.69, 9.17) is 4.74 Å². The molecule has 0 amide bonds. The van der Waals surface area contributed by atoms with Crippen molar-refractivity contribution >= 4 is 15.9 Å². The van der Waals surface area contributed by atoms with Crippen molar-refractivity contribution in [3.8, 4) is 5.75 Å². The van der Waals surface area contributed by atoms with Crippen molar-refractivity contribution in [2.24, 2.45) is 5.92 Å². The van der Waals surface area contributed by atoms with Gasteiger partial charge in [0, 0.05) is 12.5 Å². The number of nitrogens with one attached hydrogen (secondary N) is 1. The Morgan fingerprint density at radius 1 is 1.29 bits per heavy atom. The predicted molar refractivity (Wildman–Crippen MR) is 74.4 cm³/mol. The first-order valence-electron chi connectivity index (χ1n) is 6.37. The molecule has 1 aromatic carbocycles. The summed E-state index contributed by atoms with van der Waals surface area (Å²) in [4.78, 5) is 0. The monoisotopic (exact) mass is 297 g/mol. The second kappa shape index (κ2) is 6.41. The summed E-state index contributed by atoms with van der Waals surface area (Å²) in [5.41, 5.74) is 0. The van der Waals surface area contributed by atoms with Gasteiger partial charge in [-0.2, -0.15) is 0 Å². The second-order valence-corrected chi connectivity index (χ2v) is 5.54. The number of hydrogen-bond donors (Lipinski definition) is 1. The van der Waals surface area contributed by atoms with E-state index in [9.17, 15) is 0 Å². The number of halogens is 1. The van der Waals surface area contributed by atoms with Gasteiger partial charge < -0.3 is 10.1 Å². The highest BCUT2D eigenvalue weighted by molar-refractivity contribution is 9.10. The van der Waals surface area contributed by atoms with Crippen LogP contribution in [-0.2, 0) is 0 Å². The largest absolute Gasteiger partial charge is 0.489 e. The van der Waals surface area contributed by atoms with Crippen molar-refractivity contribution in [1.82, 2.24) is 5.32 Å². The third kappa shape index (κ3) is 3.46. The summed E-state index contributed by atoms with van der Waals surface area (Å²) in [5.74, 6) is 1.61. The lowest BCUT2D eigenvalue weighted by Gasteiger charge is -2.32. The Morgan fingerprint density at radius 2 is 2.06 bits per heavy atom. The molecule has 2 rings (SSSR count). The highest BCUT2D eigenvalue weighted by Gasteiger charge is 2.26. The van der Waals surface area contributed by atoms with E-state index in [1.54, 1.807) is 0 Å². The molecule has 1 N–H and O–H groups in total. The molecular weight excluding hydrogens is 278 g/mol. The van der Waals surface area contributed by atoms with E-state index in [-0.39, 0.29) is 0 Å². The number of para-hydroxylation sites is 1. The Kier molecular flexibility index (Phi) is 4.86. The van der Waals surface area contributed by atoms with Crippen LogP contribution in [-0.4, -0.2) is 19.7 Å². The summed E-state index contributed by atoms with van der Waals surface area (Å²) in [7, 11) is 2.02. The maximum absolute atomic E-state index is 6.16. The van der Waals surface area contributed by atoms with E-state index >= 15 is 0 Å². The molecule has 0 saturated heterocycles. The van der Waals surface area contributed by atoms with Gasteiger partial charge in [0.25, 0.3) is 0 Å². The van der Waals surface area contributed by atoms with Crippen molar-refractivity contribution in [3.63, 3.8) is 0 Å². The summed E-state index contributed by atoms with van der Waals surface area (Å²) in [6.07, 6.45) is 5.43. The van der Waals surface area contributed by atoms with Gasteiger partial charge in [0.05, 0.1) is 4.47 Å². The zero-order valence-electron chi connectivity index (χ0n) is 10.3. The van der Waals surface area contributed by atoms with Crippen LogP contribution in [0.1, 0.15) is 25.7 Å². The van der Waals surface area contributed by atoms with Gasteiger partial charge in [-0.15, -0.1) is 0 Å². The molecule has 2 nitrogen and oxygen atoms in total. The van der Waals surface area contributed by atoms with Gasteiger partial charge in [0.15, 0.2) is 0 Å². The van der Waals surface area contributed by atoms with Crippen LogP contribution in [0.25, 0.3) is 0 Å². The third-order valence-electron chi connectivity index (χ3n) is 3.42. The summed E-state index contributed by atoms with van der Waals surface area (Å²) in [6, 6.07) is 8.11. The van der Waals surface area contributed by atoms with Crippen LogP contribution < -0.4 is 10.1 Å². The van der Waals surface area contributed by atoms with E-state index in [0.717, 1.165) is 16.8 Å². The predicted octanol–water partition coefficient (Wildman–Crippen LogP) is 3.61. The minimum atomic E-state index is 0.356. The Morgan fingerprint density at radius 3 is 2.82 bits per heavy atom. The highest BCUT2D eigenvalue weighted by atomic mass is 79.9. The van der Waals surface area contributed by atoms with Gasteiger partial charge in [0.2, 0.25) is 0 Å². The molecular formula is C14H20BrNO. The summed E-state index contributed by atoms with van der Waals surface area (Å²) in [6.45, 7) is 1.05.